The molecule has 0 saturated carbocycles. The van der Waals surface area contributed by atoms with Gasteiger partial charge < -0.3 is 15.0 Å². The van der Waals surface area contributed by atoms with Crippen LogP contribution in [-0.2, 0) is 4.79 Å². The quantitative estimate of drug-likeness (QED) is 0.227. The highest BCUT2D eigenvalue weighted by molar-refractivity contribution is 5.75. The summed E-state index contributed by atoms with van der Waals surface area (Å²) in [6, 6.07) is 0. The standard InChI is InChI=1S/C21H42O3/c1-20(22)18-16-14-12-10-8-6-4-2-3-5-7-9-11-13-15-17-19-21(23)24/h21,23-24H,2-19H2,1H3. The third kappa shape index (κ3) is 21.6. The molecule has 0 unspecified atom stereocenters. The van der Waals surface area contributed by atoms with Gasteiger partial charge in [0.05, 0.1) is 0 Å². The molecule has 0 aliphatic heterocycles. The maximum Gasteiger partial charge on any atom is 0.151 e. The summed E-state index contributed by atoms with van der Waals surface area (Å²) in [7, 11) is 0. The smallest absolute Gasteiger partial charge is 0.151 e. The zero-order valence-corrected chi connectivity index (χ0v) is 16.1. The molecule has 3 nitrogen and oxygen atoms in total. The summed E-state index contributed by atoms with van der Waals surface area (Å²) in [6.07, 6.45) is 20.7. The predicted octanol–water partition coefficient (Wildman–Crippen LogP) is 5.91. The Morgan fingerprint density at radius 3 is 1.17 bits per heavy atom. The summed E-state index contributed by atoms with van der Waals surface area (Å²) < 4.78 is 0. The summed E-state index contributed by atoms with van der Waals surface area (Å²) >= 11 is 0. The normalized spacial score (nSPS) is 11.3. The van der Waals surface area contributed by atoms with Crippen LogP contribution in [0, 0.1) is 0 Å². The Kier molecular flexibility index (Phi) is 18.6. The number of aliphatic hydroxyl groups excluding tert-OH is 1. The minimum absolute atomic E-state index is 0.330. The zero-order chi connectivity index (χ0) is 17.9. The summed E-state index contributed by atoms with van der Waals surface area (Å²) in [5.74, 6) is 0.330. The van der Waals surface area contributed by atoms with Crippen molar-refractivity contribution in [3.05, 3.63) is 0 Å². The van der Waals surface area contributed by atoms with Gasteiger partial charge in [-0.1, -0.05) is 89.9 Å². The minimum Gasteiger partial charge on any atom is -0.368 e. The number of carbonyl (C=O) groups is 1. The molecule has 0 aromatic carbocycles. The van der Waals surface area contributed by atoms with Crippen molar-refractivity contribution in [2.45, 2.75) is 129 Å². The van der Waals surface area contributed by atoms with E-state index >= 15 is 0 Å². The van der Waals surface area contributed by atoms with Gasteiger partial charge >= 0.3 is 0 Å². The molecule has 0 fully saturated rings. The van der Waals surface area contributed by atoms with E-state index in [1.165, 1.54) is 83.5 Å². The molecule has 0 heterocycles. The highest BCUT2D eigenvalue weighted by Crippen LogP contribution is 2.14. The molecule has 2 N–H and O–H groups in total. The van der Waals surface area contributed by atoms with E-state index in [0.717, 1.165) is 25.7 Å². The first kappa shape index (κ1) is 23.6. The molecule has 0 aromatic heterocycles. The van der Waals surface area contributed by atoms with Crippen molar-refractivity contribution in [3.63, 3.8) is 0 Å². The largest absolute Gasteiger partial charge is 0.368 e. The molecule has 0 bridgehead atoms. The van der Waals surface area contributed by atoms with Crippen molar-refractivity contribution in [1.82, 2.24) is 0 Å². The first-order valence-electron chi connectivity index (χ1n) is 10.5. The van der Waals surface area contributed by atoms with Crippen LogP contribution in [0.5, 0.6) is 0 Å². The topological polar surface area (TPSA) is 57.5 Å². The van der Waals surface area contributed by atoms with E-state index in [4.69, 9.17) is 10.2 Å². The fourth-order valence-electron chi connectivity index (χ4n) is 3.18. The van der Waals surface area contributed by atoms with Gasteiger partial charge in [0.1, 0.15) is 5.78 Å². The number of hydrogen-bond acceptors (Lipinski definition) is 3. The third-order valence-electron chi connectivity index (χ3n) is 4.74. The molecule has 0 aliphatic rings. The molecule has 0 spiro atoms. The molecule has 24 heavy (non-hydrogen) atoms. The number of ketones is 1. The maximum absolute atomic E-state index is 10.8. The minimum atomic E-state index is -1.11. The Morgan fingerprint density at radius 1 is 0.583 bits per heavy atom. The molecule has 0 atom stereocenters. The molecule has 0 aliphatic carbocycles. The van der Waals surface area contributed by atoms with Crippen molar-refractivity contribution in [2.24, 2.45) is 0 Å². The van der Waals surface area contributed by atoms with Crippen LogP contribution in [0.3, 0.4) is 0 Å². The number of Topliss-reactive ketones (excluding diaryl/α,β-unsaturated/α-hetero) is 1. The van der Waals surface area contributed by atoms with E-state index in [-0.39, 0.29) is 0 Å². The van der Waals surface area contributed by atoms with Crippen LogP contribution in [0.15, 0.2) is 0 Å². The summed E-state index contributed by atoms with van der Waals surface area (Å²) in [6.45, 7) is 1.69. The second-order valence-corrected chi connectivity index (χ2v) is 7.38. The Morgan fingerprint density at radius 2 is 0.875 bits per heavy atom. The van der Waals surface area contributed by atoms with Crippen molar-refractivity contribution in [3.8, 4) is 0 Å². The van der Waals surface area contributed by atoms with Crippen LogP contribution in [0.25, 0.3) is 0 Å². The molecule has 0 radical (unpaired) electrons. The molecular formula is C21H42O3. The van der Waals surface area contributed by atoms with Gasteiger partial charge in [0.2, 0.25) is 0 Å². The Balaban J connectivity index is 2.99. The van der Waals surface area contributed by atoms with Gasteiger partial charge in [-0.05, 0) is 26.2 Å². The average molecular weight is 343 g/mol. The Bertz CT molecular complexity index is 264. The van der Waals surface area contributed by atoms with Crippen LogP contribution in [0.4, 0.5) is 0 Å². The van der Waals surface area contributed by atoms with Gasteiger partial charge in [-0.15, -0.1) is 0 Å². The lowest BCUT2D eigenvalue weighted by atomic mass is 10.0. The number of unbranched alkanes of at least 4 members (excludes halogenated alkanes) is 15. The van der Waals surface area contributed by atoms with Crippen LogP contribution in [0.2, 0.25) is 0 Å². The van der Waals surface area contributed by atoms with E-state index in [9.17, 15) is 4.79 Å². The molecule has 0 rings (SSSR count). The average Bonchev–Trinajstić information content (AvgIpc) is 2.53. The monoisotopic (exact) mass is 342 g/mol. The van der Waals surface area contributed by atoms with Gasteiger partial charge in [-0.3, -0.25) is 0 Å². The van der Waals surface area contributed by atoms with Crippen molar-refractivity contribution in [2.75, 3.05) is 0 Å². The van der Waals surface area contributed by atoms with Crippen LogP contribution < -0.4 is 0 Å². The zero-order valence-electron chi connectivity index (χ0n) is 16.1. The number of carbonyl (C=O) groups excluding carboxylic acids is 1. The van der Waals surface area contributed by atoms with Gasteiger partial charge in [0.15, 0.2) is 6.29 Å². The first-order chi connectivity index (χ1) is 11.6. The fourth-order valence-corrected chi connectivity index (χ4v) is 3.18. The van der Waals surface area contributed by atoms with Crippen LogP contribution >= 0.6 is 0 Å². The number of aliphatic hydroxyl groups is 2. The van der Waals surface area contributed by atoms with E-state index in [1.807, 2.05) is 0 Å². The number of hydrogen-bond donors (Lipinski definition) is 2. The predicted molar refractivity (Wildman–Crippen MR) is 102 cm³/mol. The fraction of sp³-hybridized carbons (Fsp3) is 0.952. The van der Waals surface area contributed by atoms with E-state index in [0.29, 0.717) is 12.2 Å². The van der Waals surface area contributed by atoms with Crippen LogP contribution in [0.1, 0.15) is 122 Å². The van der Waals surface area contributed by atoms with Gasteiger partial charge in [-0.2, -0.15) is 0 Å². The van der Waals surface area contributed by atoms with E-state index < -0.39 is 6.29 Å². The highest BCUT2D eigenvalue weighted by Gasteiger charge is 1.98. The second-order valence-electron chi connectivity index (χ2n) is 7.38. The SMILES string of the molecule is CC(=O)CCCCCCCCCCCCCCCCCCC(O)O. The maximum atomic E-state index is 10.8. The van der Waals surface area contributed by atoms with Crippen molar-refractivity contribution < 1.29 is 15.0 Å². The molecule has 144 valence electrons. The van der Waals surface area contributed by atoms with E-state index in [2.05, 4.69) is 0 Å². The first-order valence-corrected chi connectivity index (χ1v) is 10.5. The Labute approximate surface area is 150 Å². The highest BCUT2D eigenvalue weighted by atomic mass is 16.5. The molecule has 0 saturated heterocycles. The van der Waals surface area contributed by atoms with Gasteiger partial charge in [-0.25, -0.2) is 0 Å². The van der Waals surface area contributed by atoms with Crippen LogP contribution in [-0.4, -0.2) is 22.3 Å². The van der Waals surface area contributed by atoms with E-state index in [1.54, 1.807) is 6.92 Å². The lowest BCUT2D eigenvalue weighted by molar-refractivity contribution is -0.117. The molecular weight excluding hydrogens is 300 g/mol. The lowest BCUT2D eigenvalue weighted by Crippen LogP contribution is -2.02. The second kappa shape index (κ2) is 18.9. The van der Waals surface area contributed by atoms with Crippen molar-refractivity contribution in [1.29, 1.82) is 0 Å². The molecule has 3 heteroatoms. The molecule has 0 aromatic rings. The third-order valence-corrected chi connectivity index (χ3v) is 4.74. The summed E-state index contributed by atoms with van der Waals surface area (Å²) in [5.41, 5.74) is 0. The van der Waals surface area contributed by atoms with Crippen molar-refractivity contribution >= 4 is 5.78 Å². The Hall–Kier alpha value is -0.410. The number of rotatable bonds is 19. The lowest BCUT2D eigenvalue weighted by Gasteiger charge is -2.04. The summed E-state index contributed by atoms with van der Waals surface area (Å²) in [5, 5.41) is 17.5. The summed E-state index contributed by atoms with van der Waals surface area (Å²) in [4.78, 5) is 10.8. The van der Waals surface area contributed by atoms with Gasteiger partial charge in [0.25, 0.3) is 0 Å². The van der Waals surface area contributed by atoms with Gasteiger partial charge in [0, 0.05) is 6.42 Å². The molecule has 0 amide bonds.